The predicted octanol–water partition coefficient (Wildman–Crippen LogP) is 3.27. The lowest BCUT2D eigenvalue weighted by Gasteiger charge is -2.23. The van der Waals surface area contributed by atoms with E-state index < -0.39 is 11.8 Å². The van der Waals surface area contributed by atoms with Gasteiger partial charge in [0.2, 0.25) is 5.91 Å². The van der Waals surface area contributed by atoms with E-state index in [0.29, 0.717) is 0 Å². The molecular formula is C17H16ClFN2O3. The Balaban J connectivity index is 2.21. The van der Waals surface area contributed by atoms with Crippen molar-refractivity contribution in [3.63, 3.8) is 0 Å². The first-order valence-electron chi connectivity index (χ1n) is 7.28. The lowest BCUT2D eigenvalue weighted by molar-refractivity contribution is -0.141. The Morgan fingerprint density at radius 2 is 1.96 bits per heavy atom. The Morgan fingerprint density at radius 3 is 2.58 bits per heavy atom. The van der Waals surface area contributed by atoms with Crippen LogP contribution in [0.15, 0.2) is 42.7 Å². The normalized spacial score (nSPS) is 10.4. The van der Waals surface area contributed by atoms with Crippen LogP contribution in [0.5, 0.6) is 0 Å². The number of benzene rings is 1. The van der Waals surface area contributed by atoms with Gasteiger partial charge in [0, 0.05) is 35.9 Å². The molecule has 5 nitrogen and oxygen atoms in total. The number of carboxylic acid groups (broad SMARTS) is 1. The van der Waals surface area contributed by atoms with Gasteiger partial charge in [-0.3, -0.25) is 14.6 Å². The van der Waals surface area contributed by atoms with Crippen LogP contribution in [0, 0.1) is 5.82 Å². The number of amides is 1. The molecule has 7 heteroatoms. The van der Waals surface area contributed by atoms with Gasteiger partial charge < -0.3 is 10.0 Å². The molecule has 126 valence electrons. The summed E-state index contributed by atoms with van der Waals surface area (Å²) >= 11 is 6.02. The third kappa shape index (κ3) is 5.03. The van der Waals surface area contributed by atoms with Crippen molar-refractivity contribution in [1.82, 2.24) is 9.88 Å². The van der Waals surface area contributed by atoms with Gasteiger partial charge in [0.15, 0.2) is 0 Å². The van der Waals surface area contributed by atoms with Gasteiger partial charge in [0.05, 0.1) is 13.0 Å². The van der Waals surface area contributed by atoms with Crippen molar-refractivity contribution >= 4 is 23.5 Å². The first kappa shape index (κ1) is 17.9. The van der Waals surface area contributed by atoms with E-state index in [9.17, 15) is 14.0 Å². The van der Waals surface area contributed by atoms with Crippen molar-refractivity contribution in [2.45, 2.75) is 25.9 Å². The Bertz CT molecular complexity index is 705. The molecule has 1 aromatic carbocycles. The van der Waals surface area contributed by atoms with Gasteiger partial charge in [-0.15, -0.1) is 0 Å². The van der Waals surface area contributed by atoms with Crippen LogP contribution in [-0.4, -0.2) is 26.9 Å². The standard InChI is InChI=1S/C17H16ClFN2O3/c18-14-4-1-5-15(19)13(14)11-21(16(22)6-7-17(23)24)10-12-3-2-8-20-9-12/h1-5,8-9H,6-7,10-11H2,(H,23,24). The lowest BCUT2D eigenvalue weighted by atomic mass is 10.1. The summed E-state index contributed by atoms with van der Waals surface area (Å²) in [7, 11) is 0. The first-order valence-corrected chi connectivity index (χ1v) is 7.66. The fourth-order valence-electron chi connectivity index (χ4n) is 2.19. The summed E-state index contributed by atoms with van der Waals surface area (Å²) in [6.45, 7) is 0.149. The van der Waals surface area contributed by atoms with E-state index in [1.165, 1.54) is 17.0 Å². The molecule has 1 N–H and O–H groups in total. The Labute approximate surface area is 143 Å². The van der Waals surface area contributed by atoms with Crippen molar-refractivity contribution < 1.29 is 19.1 Å². The number of pyridine rings is 1. The predicted molar refractivity (Wildman–Crippen MR) is 86.8 cm³/mol. The maximum atomic E-state index is 14.0. The highest BCUT2D eigenvalue weighted by atomic mass is 35.5. The molecule has 0 aliphatic rings. The maximum Gasteiger partial charge on any atom is 0.303 e. The lowest BCUT2D eigenvalue weighted by Crippen LogP contribution is -2.31. The van der Waals surface area contributed by atoms with E-state index >= 15 is 0 Å². The van der Waals surface area contributed by atoms with Crippen molar-refractivity contribution in [2.24, 2.45) is 0 Å². The summed E-state index contributed by atoms with van der Waals surface area (Å²) in [5.74, 6) is -1.96. The number of carbonyl (C=O) groups excluding carboxylic acids is 1. The molecule has 0 unspecified atom stereocenters. The largest absolute Gasteiger partial charge is 0.481 e. The van der Waals surface area contributed by atoms with Gasteiger partial charge in [-0.1, -0.05) is 23.7 Å². The molecule has 2 rings (SSSR count). The summed E-state index contributed by atoms with van der Waals surface area (Å²) in [4.78, 5) is 28.4. The van der Waals surface area contributed by atoms with E-state index in [4.69, 9.17) is 16.7 Å². The number of aromatic nitrogens is 1. The molecule has 0 saturated carbocycles. The van der Waals surface area contributed by atoms with Gasteiger partial charge in [-0.25, -0.2) is 4.39 Å². The van der Waals surface area contributed by atoms with Crippen LogP contribution in [-0.2, 0) is 22.7 Å². The molecule has 0 fully saturated rings. The number of carbonyl (C=O) groups is 2. The molecule has 0 aliphatic heterocycles. The summed E-state index contributed by atoms with van der Waals surface area (Å²) in [5.41, 5.74) is 0.959. The number of aliphatic carboxylic acids is 1. The van der Waals surface area contributed by atoms with Crippen molar-refractivity contribution in [1.29, 1.82) is 0 Å². The van der Waals surface area contributed by atoms with Gasteiger partial charge in [0.25, 0.3) is 0 Å². The average Bonchev–Trinajstić information content (AvgIpc) is 2.56. The third-order valence-electron chi connectivity index (χ3n) is 3.41. The molecular weight excluding hydrogens is 335 g/mol. The molecule has 0 aliphatic carbocycles. The number of hydrogen-bond acceptors (Lipinski definition) is 3. The number of halogens is 2. The second-order valence-corrected chi connectivity index (χ2v) is 5.61. The summed E-state index contributed by atoms with van der Waals surface area (Å²) in [6, 6.07) is 7.81. The quantitative estimate of drug-likeness (QED) is 0.832. The van der Waals surface area contributed by atoms with Crippen molar-refractivity contribution in [3.05, 3.63) is 64.7 Å². The van der Waals surface area contributed by atoms with Crippen LogP contribution in [0.3, 0.4) is 0 Å². The SMILES string of the molecule is O=C(O)CCC(=O)N(Cc1cccnc1)Cc1c(F)cccc1Cl. The smallest absolute Gasteiger partial charge is 0.303 e. The van der Waals surface area contributed by atoms with E-state index in [2.05, 4.69) is 4.98 Å². The molecule has 24 heavy (non-hydrogen) atoms. The number of carboxylic acids is 1. The average molecular weight is 351 g/mol. The molecule has 0 spiro atoms. The molecule has 0 bridgehead atoms. The Hall–Kier alpha value is -2.47. The van der Waals surface area contributed by atoms with Crippen molar-refractivity contribution in [2.75, 3.05) is 0 Å². The number of nitrogens with zero attached hydrogens (tertiary/aromatic N) is 2. The molecule has 0 atom stereocenters. The summed E-state index contributed by atoms with van der Waals surface area (Å²) < 4.78 is 14.0. The zero-order chi connectivity index (χ0) is 17.5. The van der Waals surface area contributed by atoms with Gasteiger partial charge in [0.1, 0.15) is 5.82 Å². The van der Waals surface area contributed by atoms with Crippen molar-refractivity contribution in [3.8, 4) is 0 Å². The minimum atomic E-state index is -1.06. The second kappa shape index (κ2) is 8.40. The molecule has 1 heterocycles. The highest BCUT2D eigenvalue weighted by Gasteiger charge is 2.19. The van der Waals surface area contributed by atoms with Crippen LogP contribution in [0.1, 0.15) is 24.0 Å². The molecule has 0 saturated heterocycles. The zero-order valence-corrected chi connectivity index (χ0v) is 13.5. The third-order valence-corrected chi connectivity index (χ3v) is 3.77. The van der Waals surface area contributed by atoms with Crippen LogP contribution in [0.25, 0.3) is 0 Å². The van der Waals surface area contributed by atoms with E-state index in [-0.39, 0.29) is 42.4 Å². The van der Waals surface area contributed by atoms with Crippen LogP contribution >= 0.6 is 11.6 Å². The number of hydrogen-bond donors (Lipinski definition) is 1. The molecule has 1 aromatic heterocycles. The van der Waals surface area contributed by atoms with Crippen LogP contribution in [0.2, 0.25) is 5.02 Å². The van der Waals surface area contributed by atoms with Crippen LogP contribution in [0.4, 0.5) is 4.39 Å². The number of rotatable bonds is 7. The minimum Gasteiger partial charge on any atom is -0.481 e. The van der Waals surface area contributed by atoms with E-state index in [1.807, 2.05) is 0 Å². The van der Waals surface area contributed by atoms with Crippen LogP contribution < -0.4 is 0 Å². The molecule has 1 amide bonds. The summed E-state index contributed by atoms with van der Waals surface area (Å²) in [6.07, 6.45) is 2.75. The molecule has 2 aromatic rings. The molecule has 0 radical (unpaired) electrons. The monoisotopic (exact) mass is 350 g/mol. The summed E-state index contributed by atoms with van der Waals surface area (Å²) in [5, 5.41) is 8.97. The highest BCUT2D eigenvalue weighted by molar-refractivity contribution is 6.31. The van der Waals surface area contributed by atoms with Gasteiger partial charge in [-0.2, -0.15) is 0 Å². The highest BCUT2D eigenvalue weighted by Crippen LogP contribution is 2.22. The van der Waals surface area contributed by atoms with Gasteiger partial charge >= 0.3 is 5.97 Å². The fraction of sp³-hybridized carbons (Fsp3) is 0.235. The van der Waals surface area contributed by atoms with E-state index in [1.54, 1.807) is 30.6 Å². The minimum absolute atomic E-state index is 0.0428. The Morgan fingerprint density at radius 1 is 1.17 bits per heavy atom. The Kier molecular flexibility index (Phi) is 6.26. The maximum absolute atomic E-state index is 14.0. The van der Waals surface area contributed by atoms with Gasteiger partial charge in [-0.05, 0) is 23.8 Å². The topological polar surface area (TPSA) is 70.5 Å². The zero-order valence-electron chi connectivity index (χ0n) is 12.8. The van der Waals surface area contributed by atoms with E-state index in [0.717, 1.165) is 5.56 Å². The second-order valence-electron chi connectivity index (χ2n) is 5.21. The fourth-order valence-corrected chi connectivity index (χ4v) is 2.41. The first-order chi connectivity index (χ1) is 11.5.